The van der Waals surface area contributed by atoms with Gasteiger partial charge in [0.15, 0.2) is 0 Å². The zero-order valence-corrected chi connectivity index (χ0v) is 18.6. The second-order valence-corrected chi connectivity index (χ2v) is 8.57. The molecule has 8 heteroatoms. The molecule has 0 spiro atoms. The lowest BCUT2D eigenvalue weighted by Gasteiger charge is -2.32. The van der Waals surface area contributed by atoms with E-state index in [4.69, 9.17) is 4.74 Å². The summed E-state index contributed by atoms with van der Waals surface area (Å²) >= 11 is 0. The van der Waals surface area contributed by atoms with E-state index in [1.807, 2.05) is 35.2 Å². The summed E-state index contributed by atoms with van der Waals surface area (Å²) in [7, 11) is 1.78. The third kappa shape index (κ3) is 4.60. The smallest absolute Gasteiger partial charge is 0.256 e. The lowest BCUT2D eigenvalue weighted by Crippen LogP contribution is -2.41. The third-order valence-electron chi connectivity index (χ3n) is 6.21. The summed E-state index contributed by atoms with van der Waals surface area (Å²) in [6.45, 7) is 1.23. The predicted molar refractivity (Wildman–Crippen MR) is 126 cm³/mol. The first-order chi connectivity index (χ1) is 16.1. The average molecular weight is 446 g/mol. The number of para-hydroxylation sites is 1. The van der Waals surface area contributed by atoms with Crippen LogP contribution < -0.4 is 15.4 Å². The standard InChI is InChI=1S/C25H27N5O3/c1-26-23-20-14-27-22(29-24(31)16-7-8-16)13-19(20)21(15-28-23)25(32)30-11-9-18(10-12-30)33-17-5-3-2-4-6-17/h2-6,13-16,18H,7-12H2,1H3,(H,26,28)(H,27,29,31). The highest BCUT2D eigenvalue weighted by Crippen LogP contribution is 2.31. The molecule has 1 aromatic carbocycles. The van der Waals surface area contributed by atoms with Gasteiger partial charge in [-0.1, -0.05) is 18.2 Å². The van der Waals surface area contributed by atoms with Gasteiger partial charge < -0.3 is 20.3 Å². The lowest BCUT2D eigenvalue weighted by atomic mass is 10.0. The van der Waals surface area contributed by atoms with E-state index in [0.717, 1.165) is 42.2 Å². The molecule has 170 valence electrons. The van der Waals surface area contributed by atoms with Gasteiger partial charge in [-0.25, -0.2) is 9.97 Å². The monoisotopic (exact) mass is 445 g/mol. The van der Waals surface area contributed by atoms with E-state index in [1.165, 1.54) is 0 Å². The normalized spacial score (nSPS) is 16.5. The maximum atomic E-state index is 13.4. The number of pyridine rings is 2. The van der Waals surface area contributed by atoms with Crippen LogP contribution in [0.5, 0.6) is 5.75 Å². The molecule has 1 saturated carbocycles. The second kappa shape index (κ2) is 9.05. The number of fused-ring (bicyclic) bond motifs is 1. The molecule has 2 fully saturated rings. The molecule has 0 radical (unpaired) electrons. The van der Waals surface area contributed by atoms with Gasteiger partial charge in [0, 0.05) is 62.1 Å². The van der Waals surface area contributed by atoms with Crippen molar-refractivity contribution in [3.63, 3.8) is 0 Å². The number of hydrogen-bond donors (Lipinski definition) is 2. The molecule has 2 aliphatic rings. The SMILES string of the molecule is CNc1ncc(C(=O)N2CCC(Oc3ccccc3)CC2)c2cc(NC(=O)C3CC3)ncc12. The Morgan fingerprint density at radius 1 is 1.00 bits per heavy atom. The molecule has 0 unspecified atom stereocenters. The molecule has 0 bridgehead atoms. The molecular formula is C25H27N5O3. The van der Waals surface area contributed by atoms with Crippen LogP contribution in [0.4, 0.5) is 11.6 Å². The zero-order valence-electron chi connectivity index (χ0n) is 18.6. The molecule has 0 atom stereocenters. The number of nitrogens with one attached hydrogen (secondary N) is 2. The van der Waals surface area contributed by atoms with Gasteiger partial charge in [0.2, 0.25) is 5.91 Å². The number of aromatic nitrogens is 2. The van der Waals surface area contributed by atoms with Crippen LogP contribution in [0.1, 0.15) is 36.0 Å². The third-order valence-corrected chi connectivity index (χ3v) is 6.21. The number of benzene rings is 1. The molecule has 5 rings (SSSR count). The van der Waals surface area contributed by atoms with Gasteiger partial charge >= 0.3 is 0 Å². The van der Waals surface area contributed by atoms with Crippen molar-refractivity contribution in [1.29, 1.82) is 0 Å². The predicted octanol–water partition coefficient (Wildman–Crippen LogP) is 3.70. The maximum absolute atomic E-state index is 13.4. The van der Waals surface area contributed by atoms with Crippen LogP contribution in [0.15, 0.2) is 48.8 Å². The molecule has 8 nitrogen and oxygen atoms in total. The summed E-state index contributed by atoms with van der Waals surface area (Å²) in [6, 6.07) is 11.5. The minimum absolute atomic E-state index is 0.0156. The Hall–Kier alpha value is -3.68. The van der Waals surface area contributed by atoms with E-state index in [1.54, 1.807) is 25.5 Å². The van der Waals surface area contributed by atoms with Gasteiger partial charge in [0.25, 0.3) is 5.91 Å². The lowest BCUT2D eigenvalue weighted by molar-refractivity contribution is -0.117. The molecule has 1 aliphatic carbocycles. The summed E-state index contributed by atoms with van der Waals surface area (Å²) in [4.78, 5) is 36.3. The van der Waals surface area contributed by atoms with Crippen molar-refractivity contribution in [3.8, 4) is 5.75 Å². The van der Waals surface area contributed by atoms with Gasteiger partial charge in [-0.05, 0) is 31.0 Å². The Labute approximate surface area is 192 Å². The van der Waals surface area contributed by atoms with Crippen molar-refractivity contribution >= 4 is 34.2 Å². The largest absolute Gasteiger partial charge is 0.490 e. The summed E-state index contributed by atoms with van der Waals surface area (Å²) in [5.41, 5.74) is 0.510. The van der Waals surface area contributed by atoms with Gasteiger partial charge in [-0.3, -0.25) is 9.59 Å². The van der Waals surface area contributed by atoms with Crippen molar-refractivity contribution in [1.82, 2.24) is 14.9 Å². The number of carbonyl (C=O) groups is 2. The number of likely N-dealkylation sites (tertiary alicyclic amines) is 1. The van der Waals surface area contributed by atoms with E-state index < -0.39 is 0 Å². The first kappa shape index (κ1) is 21.2. The molecule has 1 saturated heterocycles. The van der Waals surface area contributed by atoms with E-state index in [9.17, 15) is 9.59 Å². The number of ether oxygens (including phenoxy) is 1. The van der Waals surface area contributed by atoms with E-state index >= 15 is 0 Å². The van der Waals surface area contributed by atoms with Gasteiger partial charge in [-0.15, -0.1) is 0 Å². The van der Waals surface area contributed by atoms with Gasteiger partial charge in [-0.2, -0.15) is 0 Å². The van der Waals surface area contributed by atoms with Crippen molar-refractivity contribution in [2.75, 3.05) is 30.8 Å². The fourth-order valence-electron chi connectivity index (χ4n) is 4.19. The Morgan fingerprint density at radius 2 is 1.76 bits per heavy atom. The Morgan fingerprint density at radius 3 is 2.45 bits per heavy atom. The Bertz CT molecular complexity index is 1170. The molecule has 1 aliphatic heterocycles. The summed E-state index contributed by atoms with van der Waals surface area (Å²) < 4.78 is 6.06. The Kier molecular flexibility index (Phi) is 5.81. The average Bonchev–Trinajstić information content (AvgIpc) is 3.70. The van der Waals surface area contributed by atoms with Crippen LogP contribution in [0.3, 0.4) is 0 Å². The van der Waals surface area contributed by atoms with Crippen LogP contribution in [0.25, 0.3) is 10.8 Å². The number of rotatable bonds is 6. The summed E-state index contributed by atoms with van der Waals surface area (Å²) in [5, 5.41) is 7.40. The Balaban J connectivity index is 1.34. The summed E-state index contributed by atoms with van der Waals surface area (Å²) in [6.07, 6.45) is 6.73. The van der Waals surface area contributed by atoms with Crippen LogP contribution in [0, 0.1) is 5.92 Å². The van der Waals surface area contributed by atoms with Crippen molar-refractivity contribution in [3.05, 3.63) is 54.4 Å². The molecule has 2 amide bonds. The topological polar surface area (TPSA) is 96.5 Å². The van der Waals surface area contributed by atoms with E-state index in [2.05, 4.69) is 20.6 Å². The molecule has 3 aromatic rings. The van der Waals surface area contributed by atoms with Crippen LogP contribution in [-0.4, -0.2) is 52.9 Å². The summed E-state index contributed by atoms with van der Waals surface area (Å²) in [5.74, 6) is 1.94. The van der Waals surface area contributed by atoms with Gasteiger partial charge in [0.05, 0.1) is 5.56 Å². The molecular weight excluding hydrogens is 418 g/mol. The fraction of sp³-hybridized carbons (Fsp3) is 0.360. The number of piperidine rings is 1. The highest BCUT2D eigenvalue weighted by atomic mass is 16.5. The van der Waals surface area contributed by atoms with Crippen LogP contribution in [0.2, 0.25) is 0 Å². The molecule has 2 aromatic heterocycles. The number of anilines is 2. The van der Waals surface area contributed by atoms with Gasteiger partial charge in [0.1, 0.15) is 23.5 Å². The molecule has 33 heavy (non-hydrogen) atoms. The van der Waals surface area contributed by atoms with Crippen molar-refractivity contribution < 1.29 is 14.3 Å². The highest BCUT2D eigenvalue weighted by molar-refractivity contribution is 6.10. The number of amides is 2. The van der Waals surface area contributed by atoms with Crippen LogP contribution in [-0.2, 0) is 4.79 Å². The molecule has 2 N–H and O–H groups in total. The first-order valence-electron chi connectivity index (χ1n) is 11.4. The quantitative estimate of drug-likeness (QED) is 0.601. The van der Waals surface area contributed by atoms with E-state index in [-0.39, 0.29) is 23.8 Å². The second-order valence-electron chi connectivity index (χ2n) is 8.57. The zero-order chi connectivity index (χ0) is 22.8. The fourth-order valence-corrected chi connectivity index (χ4v) is 4.19. The van der Waals surface area contributed by atoms with Crippen molar-refractivity contribution in [2.45, 2.75) is 31.8 Å². The number of nitrogens with zero attached hydrogens (tertiary/aromatic N) is 3. The maximum Gasteiger partial charge on any atom is 0.256 e. The van der Waals surface area contributed by atoms with Crippen molar-refractivity contribution in [2.24, 2.45) is 5.92 Å². The first-order valence-corrected chi connectivity index (χ1v) is 11.4. The molecule has 3 heterocycles. The van der Waals surface area contributed by atoms with E-state index in [0.29, 0.717) is 30.3 Å². The number of hydrogen-bond acceptors (Lipinski definition) is 6. The number of carbonyl (C=O) groups excluding carboxylic acids is 2. The minimum Gasteiger partial charge on any atom is -0.490 e. The highest BCUT2D eigenvalue weighted by Gasteiger charge is 2.30. The van der Waals surface area contributed by atoms with Crippen LogP contribution >= 0.6 is 0 Å². The minimum atomic E-state index is -0.0704.